The Morgan fingerprint density at radius 3 is 2.61 bits per heavy atom. The van der Waals surface area contributed by atoms with E-state index in [9.17, 15) is 19.1 Å². The van der Waals surface area contributed by atoms with Gasteiger partial charge in [0.15, 0.2) is 0 Å². The highest BCUT2D eigenvalue weighted by molar-refractivity contribution is 5.96. The molecule has 0 unspecified atom stereocenters. The van der Waals surface area contributed by atoms with Crippen LogP contribution in [0.3, 0.4) is 0 Å². The highest BCUT2D eigenvalue weighted by Gasteiger charge is 2.21. The molecule has 0 heterocycles. The van der Waals surface area contributed by atoms with E-state index in [0.29, 0.717) is 11.1 Å². The topological polar surface area (TPSA) is 90.2 Å². The van der Waals surface area contributed by atoms with Crippen LogP contribution in [0.5, 0.6) is 0 Å². The molecular weight excluding hydrogens is 299 g/mol. The molecule has 1 amide bonds. The largest absolute Gasteiger partial charge is 0.480 e. The molecule has 116 valence electrons. The van der Waals surface area contributed by atoms with Gasteiger partial charge < -0.3 is 10.4 Å². The summed E-state index contributed by atoms with van der Waals surface area (Å²) in [5.41, 5.74) is 1.06. The Hall–Kier alpha value is -3.20. The summed E-state index contributed by atoms with van der Waals surface area (Å²) in [5, 5.41) is 20.5. The van der Waals surface area contributed by atoms with Crippen LogP contribution < -0.4 is 5.32 Å². The van der Waals surface area contributed by atoms with Crippen molar-refractivity contribution in [1.82, 2.24) is 5.32 Å². The number of benzene rings is 2. The molecule has 0 aliphatic carbocycles. The lowest BCUT2D eigenvalue weighted by Gasteiger charge is -2.15. The maximum Gasteiger partial charge on any atom is 0.326 e. The SMILES string of the molecule is N#Cc1cccc(C[C@@H](NC(=O)c2cccc(F)c2)C(=O)O)c1. The normalized spacial score (nSPS) is 11.3. The third-order valence-corrected chi connectivity index (χ3v) is 3.19. The van der Waals surface area contributed by atoms with Gasteiger partial charge in [-0.3, -0.25) is 4.79 Å². The Morgan fingerprint density at radius 1 is 1.22 bits per heavy atom. The predicted molar refractivity (Wildman–Crippen MR) is 80.2 cm³/mol. The minimum absolute atomic E-state index is 0.0198. The molecule has 1 atom stereocenters. The molecule has 0 aromatic heterocycles. The maximum absolute atomic E-state index is 13.1. The fourth-order valence-electron chi connectivity index (χ4n) is 2.07. The Morgan fingerprint density at radius 2 is 1.96 bits per heavy atom. The van der Waals surface area contributed by atoms with Crippen molar-refractivity contribution in [3.05, 3.63) is 71.0 Å². The second-order valence-corrected chi connectivity index (χ2v) is 4.89. The number of carbonyl (C=O) groups excluding carboxylic acids is 1. The van der Waals surface area contributed by atoms with Gasteiger partial charge in [0.25, 0.3) is 5.91 Å². The second-order valence-electron chi connectivity index (χ2n) is 4.89. The summed E-state index contributed by atoms with van der Waals surface area (Å²) >= 11 is 0. The van der Waals surface area contributed by atoms with Crippen LogP contribution in [0, 0.1) is 17.1 Å². The standard InChI is InChI=1S/C17H13FN2O3/c18-14-6-2-5-13(9-14)16(21)20-15(17(22)23)8-11-3-1-4-12(7-11)10-19/h1-7,9,15H,8H2,(H,20,21)(H,22,23)/t15-/m1/s1. The Labute approximate surface area is 132 Å². The molecule has 2 aromatic rings. The van der Waals surface area contributed by atoms with Gasteiger partial charge in [-0.1, -0.05) is 18.2 Å². The monoisotopic (exact) mass is 312 g/mol. The molecule has 6 heteroatoms. The van der Waals surface area contributed by atoms with Crippen LogP contribution in [0.15, 0.2) is 48.5 Å². The first-order chi connectivity index (χ1) is 11.0. The molecule has 2 N–H and O–H groups in total. The van der Waals surface area contributed by atoms with Crippen molar-refractivity contribution in [2.24, 2.45) is 0 Å². The summed E-state index contributed by atoms with van der Waals surface area (Å²) in [4.78, 5) is 23.4. The van der Waals surface area contributed by atoms with Crippen molar-refractivity contribution >= 4 is 11.9 Å². The van der Waals surface area contributed by atoms with Crippen molar-refractivity contribution in [2.75, 3.05) is 0 Å². The number of halogens is 1. The Balaban J connectivity index is 2.14. The van der Waals surface area contributed by atoms with E-state index >= 15 is 0 Å². The van der Waals surface area contributed by atoms with Gasteiger partial charge in [0.05, 0.1) is 11.6 Å². The van der Waals surface area contributed by atoms with Crippen LogP contribution in [-0.4, -0.2) is 23.0 Å². The highest BCUT2D eigenvalue weighted by atomic mass is 19.1. The summed E-state index contributed by atoms with van der Waals surface area (Å²) in [6.45, 7) is 0. The number of hydrogen-bond acceptors (Lipinski definition) is 3. The molecule has 0 spiro atoms. The Bertz CT molecular complexity index is 783. The summed E-state index contributed by atoms with van der Waals surface area (Å²) in [6.07, 6.45) is 0.0198. The zero-order chi connectivity index (χ0) is 16.8. The van der Waals surface area contributed by atoms with Crippen LogP contribution in [0.4, 0.5) is 4.39 Å². The van der Waals surface area contributed by atoms with Gasteiger partial charge in [-0.05, 0) is 35.9 Å². The van der Waals surface area contributed by atoms with Crippen LogP contribution >= 0.6 is 0 Å². The molecule has 0 aliphatic rings. The number of nitrogens with one attached hydrogen (secondary N) is 1. The third-order valence-electron chi connectivity index (χ3n) is 3.19. The average Bonchev–Trinajstić information content (AvgIpc) is 2.54. The van der Waals surface area contributed by atoms with E-state index in [0.717, 1.165) is 6.07 Å². The number of amides is 1. The van der Waals surface area contributed by atoms with Crippen LogP contribution in [0.2, 0.25) is 0 Å². The molecule has 0 fully saturated rings. The van der Waals surface area contributed by atoms with Crippen molar-refractivity contribution in [1.29, 1.82) is 5.26 Å². The van der Waals surface area contributed by atoms with E-state index in [4.69, 9.17) is 5.26 Å². The summed E-state index contributed by atoms with van der Waals surface area (Å²) in [7, 11) is 0. The molecule has 23 heavy (non-hydrogen) atoms. The Kier molecular flexibility index (Phi) is 5.05. The third kappa shape index (κ3) is 4.38. The van der Waals surface area contributed by atoms with Crippen LogP contribution in [0.1, 0.15) is 21.5 Å². The first-order valence-corrected chi connectivity index (χ1v) is 6.78. The number of carboxylic acid groups (broad SMARTS) is 1. The highest BCUT2D eigenvalue weighted by Crippen LogP contribution is 2.09. The lowest BCUT2D eigenvalue weighted by molar-refractivity contribution is -0.139. The van der Waals surface area contributed by atoms with Crippen molar-refractivity contribution < 1.29 is 19.1 Å². The van der Waals surface area contributed by atoms with E-state index in [1.165, 1.54) is 18.2 Å². The summed E-state index contributed by atoms with van der Waals surface area (Å²) in [6, 6.07) is 12.3. The minimum Gasteiger partial charge on any atom is -0.480 e. The van der Waals surface area contributed by atoms with Gasteiger partial charge in [0, 0.05) is 12.0 Å². The van der Waals surface area contributed by atoms with Crippen molar-refractivity contribution in [2.45, 2.75) is 12.5 Å². The number of hydrogen-bond donors (Lipinski definition) is 2. The summed E-state index contributed by atoms with van der Waals surface area (Å²) in [5.74, 6) is -2.46. The predicted octanol–water partition coefficient (Wildman–Crippen LogP) is 2.12. The first-order valence-electron chi connectivity index (χ1n) is 6.78. The van der Waals surface area contributed by atoms with E-state index in [1.807, 2.05) is 6.07 Å². The van der Waals surface area contributed by atoms with Gasteiger partial charge in [0.1, 0.15) is 11.9 Å². The van der Waals surface area contributed by atoms with Gasteiger partial charge in [-0.25, -0.2) is 9.18 Å². The molecule has 0 radical (unpaired) electrons. The number of nitrogens with zero attached hydrogens (tertiary/aromatic N) is 1. The zero-order valence-corrected chi connectivity index (χ0v) is 12.0. The number of carboxylic acids is 1. The molecule has 0 saturated heterocycles. The van der Waals surface area contributed by atoms with Crippen LogP contribution in [0.25, 0.3) is 0 Å². The van der Waals surface area contributed by atoms with Gasteiger partial charge in [-0.15, -0.1) is 0 Å². The molecule has 0 bridgehead atoms. The van der Waals surface area contributed by atoms with E-state index in [-0.39, 0.29) is 12.0 Å². The average molecular weight is 312 g/mol. The zero-order valence-electron chi connectivity index (χ0n) is 12.0. The van der Waals surface area contributed by atoms with Gasteiger partial charge >= 0.3 is 5.97 Å². The first kappa shape index (κ1) is 16.2. The lowest BCUT2D eigenvalue weighted by atomic mass is 10.0. The van der Waals surface area contributed by atoms with Gasteiger partial charge in [-0.2, -0.15) is 5.26 Å². The summed E-state index contributed by atoms with van der Waals surface area (Å²) < 4.78 is 13.1. The minimum atomic E-state index is -1.21. The fraction of sp³-hybridized carbons (Fsp3) is 0.118. The molecule has 2 rings (SSSR count). The van der Waals surface area contributed by atoms with Gasteiger partial charge in [0.2, 0.25) is 0 Å². The van der Waals surface area contributed by atoms with Crippen LogP contribution in [-0.2, 0) is 11.2 Å². The number of rotatable bonds is 5. The van der Waals surface area contributed by atoms with E-state index in [2.05, 4.69) is 5.32 Å². The van der Waals surface area contributed by atoms with E-state index in [1.54, 1.807) is 24.3 Å². The second kappa shape index (κ2) is 7.18. The van der Waals surface area contributed by atoms with Crippen molar-refractivity contribution in [3.8, 4) is 6.07 Å². The number of carbonyl (C=O) groups is 2. The molecular formula is C17H13FN2O3. The van der Waals surface area contributed by atoms with E-state index < -0.39 is 23.7 Å². The fourth-order valence-corrected chi connectivity index (χ4v) is 2.07. The maximum atomic E-state index is 13.1. The quantitative estimate of drug-likeness (QED) is 0.885. The molecule has 2 aromatic carbocycles. The molecule has 5 nitrogen and oxygen atoms in total. The number of aliphatic carboxylic acids is 1. The van der Waals surface area contributed by atoms with Crippen molar-refractivity contribution in [3.63, 3.8) is 0 Å². The number of nitriles is 1. The smallest absolute Gasteiger partial charge is 0.326 e. The lowest BCUT2D eigenvalue weighted by Crippen LogP contribution is -2.42. The molecule has 0 aliphatic heterocycles. The molecule has 0 saturated carbocycles.